The normalized spacial score (nSPS) is 15.6. The van der Waals surface area contributed by atoms with Crippen LogP contribution in [-0.2, 0) is 4.79 Å². The number of rotatable bonds is 8. The van der Waals surface area contributed by atoms with Crippen molar-refractivity contribution in [3.63, 3.8) is 0 Å². The van der Waals surface area contributed by atoms with Crippen molar-refractivity contribution < 1.29 is 9.59 Å². The molecule has 0 bridgehead atoms. The molecule has 1 N–H and O–H groups in total. The summed E-state index contributed by atoms with van der Waals surface area (Å²) in [4.78, 5) is 33.6. The van der Waals surface area contributed by atoms with Crippen molar-refractivity contribution in [1.82, 2.24) is 24.5 Å². The molecule has 1 aliphatic rings. The fraction of sp³-hybridized carbons (Fsp3) is 0.591. The van der Waals surface area contributed by atoms with E-state index >= 15 is 0 Å². The summed E-state index contributed by atoms with van der Waals surface area (Å²) in [6.45, 7) is 4.59. The van der Waals surface area contributed by atoms with Crippen molar-refractivity contribution in [3.8, 4) is 0 Å². The standard InChI is InChI=1S/C22H33N5O2/c1-17-21(27-14-8-6-9-19(27)24-17)22(29)23-13-7-4-5-10-20(28)26(3)18-11-15-25(2)16-12-18/h6,8-9,14,18H,4-5,7,10-13,15-16H2,1-3H3,(H,23,29). The van der Waals surface area contributed by atoms with Crippen molar-refractivity contribution in [1.29, 1.82) is 0 Å². The van der Waals surface area contributed by atoms with Crippen molar-refractivity contribution in [3.05, 3.63) is 35.8 Å². The summed E-state index contributed by atoms with van der Waals surface area (Å²) in [5.41, 5.74) is 2.11. The molecule has 1 fully saturated rings. The average molecular weight is 400 g/mol. The van der Waals surface area contributed by atoms with Crippen LogP contribution in [0, 0.1) is 6.92 Å². The first-order chi connectivity index (χ1) is 14.0. The molecule has 2 amide bonds. The minimum Gasteiger partial charge on any atom is -0.351 e. The van der Waals surface area contributed by atoms with Gasteiger partial charge in [-0.1, -0.05) is 12.5 Å². The van der Waals surface area contributed by atoms with Crippen LogP contribution in [0.4, 0.5) is 0 Å². The maximum atomic E-state index is 12.5. The van der Waals surface area contributed by atoms with Gasteiger partial charge in [0.25, 0.3) is 5.91 Å². The van der Waals surface area contributed by atoms with E-state index in [9.17, 15) is 9.59 Å². The zero-order chi connectivity index (χ0) is 20.8. The number of imidazole rings is 1. The molecule has 0 radical (unpaired) electrons. The Kier molecular flexibility index (Phi) is 7.25. The van der Waals surface area contributed by atoms with Crippen molar-refractivity contribution in [2.24, 2.45) is 0 Å². The summed E-state index contributed by atoms with van der Waals surface area (Å²) in [5, 5.41) is 2.99. The molecule has 0 aromatic carbocycles. The molecule has 0 spiro atoms. The van der Waals surface area contributed by atoms with E-state index in [1.165, 1.54) is 0 Å². The second-order valence-corrected chi connectivity index (χ2v) is 8.08. The molecule has 3 rings (SSSR count). The molecule has 2 aromatic rings. The van der Waals surface area contributed by atoms with Crippen LogP contribution < -0.4 is 5.32 Å². The number of amides is 2. The van der Waals surface area contributed by atoms with Gasteiger partial charge in [-0.3, -0.25) is 14.0 Å². The molecular weight excluding hydrogens is 366 g/mol. The van der Waals surface area contributed by atoms with Crippen molar-refractivity contribution in [2.45, 2.75) is 51.5 Å². The molecule has 1 saturated heterocycles. The first kappa shape index (κ1) is 21.3. The highest BCUT2D eigenvalue weighted by Crippen LogP contribution is 2.16. The van der Waals surface area contributed by atoms with E-state index in [1.807, 2.05) is 47.7 Å². The molecule has 2 aromatic heterocycles. The Labute approximate surface area is 173 Å². The highest BCUT2D eigenvalue weighted by Gasteiger charge is 2.23. The van der Waals surface area contributed by atoms with Crippen LogP contribution in [0.5, 0.6) is 0 Å². The van der Waals surface area contributed by atoms with E-state index in [0.717, 1.165) is 56.5 Å². The molecule has 0 aliphatic carbocycles. The lowest BCUT2D eigenvalue weighted by Gasteiger charge is -2.35. The van der Waals surface area contributed by atoms with Gasteiger partial charge in [0.15, 0.2) is 0 Å². The number of carbonyl (C=O) groups excluding carboxylic acids is 2. The maximum absolute atomic E-state index is 12.5. The minimum atomic E-state index is -0.0979. The summed E-state index contributed by atoms with van der Waals surface area (Å²) < 4.78 is 1.82. The van der Waals surface area contributed by atoms with Crippen LogP contribution in [-0.4, -0.2) is 70.8 Å². The summed E-state index contributed by atoms with van der Waals surface area (Å²) in [5.74, 6) is 0.143. The Morgan fingerprint density at radius 2 is 1.97 bits per heavy atom. The van der Waals surface area contributed by atoms with Gasteiger partial charge in [-0.25, -0.2) is 4.98 Å². The lowest BCUT2D eigenvalue weighted by Crippen LogP contribution is -2.44. The second-order valence-electron chi connectivity index (χ2n) is 8.08. The number of nitrogens with zero attached hydrogens (tertiary/aromatic N) is 4. The largest absolute Gasteiger partial charge is 0.351 e. The number of pyridine rings is 1. The fourth-order valence-electron chi connectivity index (χ4n) is 4.01. The number of carbonyl (C=O) groups is 2. The Hall–Kier alpha value is -2.41. The van der Waals surface area contributed by atoms with Gasteiger partial charge in [0, 0.05) is 32.3 Å². The zero-order valence-electron chi connectivity index (χ0n) is 17.9. The van der Waals surface area contributed by atoms with E-state index in [-0.39, 0.29) is 11.8 Å². The average Bonchev–Trinajstić information content (AvgIpc) is 3.06. The predicted molar refractivity (Wildman–Crippen MR) is 114 cm³/mol. The van der Waals surface area contributed by atoms with Gasteiger partial charge < -0.3 is 15.1 Å². The molecule has 158 valence electrons. The van der Waals surface area contributed by atoms with E-state index in [4.69, 9.17) is 0 Å². The van der Waals surface area contributed by atoms with Gasteiger partial charge in [-0.15, -0.1) is 0 Å². The number of fused-ring (bicyclic) bond motifs is 1. The molecule has 7 heteroatoms. The minimum absolute atomic E-state index is 0.0979. The SMILES string of the molecule is Cc1nc2ccccn2c1C(=O)NCCCCCC(=O)N(C)C1CCN(C)CC1. The van der Waals surface area contributed by atoms with Gasteiger partial charge >= 0.3 is 0 Å². The molecule has 7 nitrogen and oxygen atoms in total. The zero-order valence-corrected chi connectivity index (χ0v) is 17.9. The second kappa shape index (κ2) is 9.87. The fourth-order valence-corrected chi connectivity index (χ4v) is 4.01. The molecule has 0 atom stereocenters. The summed E-state index contributed by atoms with van der Waals surface area (Å²) >= 11 is 0. The predicted octanol–water partition coefficient (Wildman–Crippen LogP) is 2.49. The number of piperidine rings is 1. The van der Waals surface area contributed by atoms with E-state index < -0.39 is 0 Å². The Balaban J connectivity index is 1.35. The smallest absolute Gasteiger partial charge is 0.270 e. The van der Waals surface area contributed by atoms with Gasteiger partial charge in [0.1, 0.15) is 11.3 Å². The third-order valence-corrected chi connectivity index (χ3v) is 5.90. The highest BCUT2D eigenvalue weighted by molar-refractivity contribution is 5.94. The topological polar surface area (TPSA) is 70.0 Å². The van der Waals surface area contributed by atoms with E-state index in [0.29, 0.717) is 24.7 Å². The number of hydrogen-bond donors (Lipinski definition) is 1. The maximum Gasteiger partial charge on any atom is 0.270 e. The van der Waals surface area contributed by atoms with Crippen LogP contribution >= 0.6 is 0 Å². The highest BCUT2D eigenvalue weighted by atomic mass is 16.2. The van der Waals surface area contributed by atoms with Crippen LogP contribution in [0.1, 0.15) is 54.7 Å². The summed E-state index contributed by atoms with van der Waals surface area (Å²) in [6.07, 6.45) is 7.23. The van der Waals surface area contributed by atoms with Gasteiger partial charge in [0.05, 0.1) is 5.69 Å². The summed E-state index contributed by atoms with van der Waals surface area (Å²) in [7, 11) is 4.07. The summed E-state index contributed by atoms with van der Waals surface area (Å²) in [6, 6.07) is 6.08. The number of likely N-dealkylation sites (tertiary alicyclic amines) is 1. The lowest BCUT2D eigenvalue weighted by molar-refractivity contribution is -0.132. The quantitative estimate of drug-likeness (QED) is 0.693. The Bertz CT molecular complexity index is 839. The van der Waals surface area contributed by atoms with E-state index in [2.05, 4.69) is 22.2 Å². The van der Waals surface area contributed by atoms with Gasteiger partial charge in [-0.05, 0) is 64.9 Å². The third-order valence-electron chi connectivity index (χ3n) is 5.90. The molecule has 1 aliphatic heterocycles. The molecule has 3 heterocycles. The van der Waals surface area contributed by atoms with Crippen LogP contribution in [0.25, 0.3) is 5.65 Å². The molecule has 29 heavy (non-hydrogen) atoms. The molecule has 0 unspecified atom stereocenters. The molecular formula is C22H33N5O2. The third kappa shape index (κ3) is 5.35. The van der Waals surface area contributed by atoms with Gasteiger partial charge in [-0.2, -0.15) is 0 Å². The molecule has 0 saturated carbocycles. The van der Waals surface area contributed by atoms with Crippen molar-refractivity contribution >= 4 is 17.5 Å². The van der Waals surface area contributed by atoms with Crippen molar-refractivity contribution in [2.75, 3.05) is 33.7 Å². The van der Waals surface area contributed by atoms with E-state index in [1.54, 1.807) is 0 Å². The first-order valence-corrected chi connectivity index (χ1v) is 10.6. The Morgan fingerprint density at radius 1 is 1.21 bits per heavy atom. The number of hydrogen-bond acceptors (Lipinski definition) is 4. The van der Waals surface area contributed by atoms with Crippen LogP contribution in [0.3, 0.4) is 0 Å². The van der Waals surface area contributed by atoms with Crippen LogP contribution in [0.15, 0.2) is 24.4 Å². The number of unbranched alkanes of at least 4 members (excludes halogenated alkanes) is 2. The number of aryl methyl sites for hydroxylation is 1. The van der Waals surface area contributed by atoms with Crippen LogP contribution in [0.2, 0.25) is 0 Å². The first-order valence-electron chi connectivity index (χ1n) is 10.6. The number of nitrogens with one attached hydrogen (secondary N) is 1. The monoisotopic (exact) mass is 399 g/mol. The lowest BCUT2D eigenvalue weighted by atomic mass is 10.0. The Morgan fingerprint density at radius 3 is 2.72 bits per heavy atom. The van der Waals surface area contributed by atoms with Gasteiger partial charge in [0.2, 0.25) is 5.91 Å². The number of aromatic nitrogens is 2.